The molecule has 0 aliphatic carbocycles. The van der Waals surface area contributed by atoms with Crippen LogP contribution in [0.5, 0.6) is 0 Å². The lowest BCUT2D eigenvalue weighted by Gasteiger charge is -2.12. The zero-order valence-corrected chi connectivity index (χ0v) is 14.5. The minimum absolute atomic E-state index is 0.208. The molecule has 0 unspecified atom stereocenters. The molecule has 0 aliphatic rings. The third-order valence-corrected chi connectivity index (χ3v) is 4.46. The molecular formula is C19H20ClN3O2. The summed E-state index contributed by atoms with van der Waals surface area (Å²) in [5.74, 6) is -0.567. The second-order valence-electron chi connectivity index (χ2n) is 6.15. The molecule has 0 spiro atoms. The van der Waals surface area contributed by atoms with Crippen molar-refractivity contribution >= 4 is 28.3 Å². The molecule has 3 rings (SSSR count). The molecule has 3 N–H and O–H groups in total. The maximum Gasteiger partial charge on any atom is 0.268 e. The fourth-order valence-electron chi connectivity index (χ4n) is 2.98. The van der Waals surface area contributed by atoms with Gasteiger partial charge < -0.3 is 15.4 Å². The number of hydrogen-bond donors (Lipinski definition) is 2. The maximum atomic E-state index is 11.0. The fraction of sp³-hybridized carbons (Fsp3) is 0.263. The monoisotopic (exact) mass is 357 g/mol. The summed E-state index contributed by atoms with van der Waals surface area (Å²) in [5.41, 5.74) is 6.61. The summed E-state index contributed by atoms with van der Waals surface area (Å²) in [7, 11) is 0. The number of imidazole rings is 1. The molecule has 2 aromatic carbocycles. The Labute approximate surface area is 151 Å². The molecule has 0 radical (unpaired) electrons. The van der Waals surface area contributed by atoms with Crippen molar-refractivity contribution < 1.29 is 9.90 Å². The van der Waals surface area contributed by atoms with E-state index in [1.807, 2.05) is 24.3 Å². The summed E-state index contributed by atoms with van der Waals surface area (Å²) < 4.78 is 1.68. The molecule has 1 aromatic heterocycles. The standard InChI is InChI=1S/C19H20ClN3O2/c20-15-8-7-14-4-1-3-13(17(14)9-15)5-2-6-16(24)10-23-11-18(19(21)25)22-12-23/h1,3-4,7-9,11-12,16,24H,2,5-6,10H2,(H2,21,25)/t16-/m0/s1. The van der Waals surface area contributed by atoms with Gasteiger partial charge in [0.25, 0.3) is 5.91 Å². The molecule has 0 fully saturated rings. The number of nitrogens with zero attached hydrogens (tertiary/aromatic N) is 2. The highest BCUT2D eigenvalue weighted by Gasteiger charge is 2.09. The Balaban J connectivity index is 1.57. The summed E-state index contributed by atoms with van der Waals surface area (Å²) in [6, 6.07) is 12.1. The van der Waals surface area contributed by atoms with Gasteiger partial charge in [0.1, 0.15) is 5.69 Å². The van der Waals surface area contributed by atoms with E-state index in [1.54, 1.807) is 10.8 Å². The van der Waals surface area contributed by atoms with Crippen molar-refractivity contribution in [3.8, 4) is 0 Å². The Bertz CT molecular complexity index is 891. The number of fused-ring (bicyclic) bond motifs is 1. The van der Waals surface area contributed by atoms with E-state index in [2.05, 4.69) is 17.1 Å². The number of amides is 1. The number of carbonyl (C=O) groups is 1. The largest absolute Gasteiger partial charge is 0.391 e. The molecule has 5 nitrogen and oxygen atoms in total. The number of aliphatic hydroxyl groups excluding tert-OH is 1. The minimum atomic E-state index is -0.567. The van der Waals surface area contributed by atoms with Crippen LogP contribution in [-0.2, 0) is 13.0 Å². The predicted molar refractivity (Wildman–Crippen MR) is 98.6 cm³/mol. The number of benzene rings is 2. The molecule has 1 amide bonds. The Morgan fingerprint density at radius 3 is 2.92 bits per heavy atom. The SMILES string of the molecule is NC(=O)c1cn(C[C@@H](O)CCCc2cccc3ccc(Cl)cc23)cn1. The average Bonchev–Trinajstić information content (AvgIpc) is 3.04. The molecule has 1 heterocycles. The number of carbonyl (C=O) groups excluding carboxylic acids is 1. The number of primary amides is 1. The van der Waals surface area contributed by atoms with Gasteiger partial charge in [-0.3, -0.25) is 4.79 Å². The summed E-state index contributed by atoms with van der Waals surface area (Å²) in [4.78, 5) is 14.9. The molecule has 3 aromatic rings. The highest BCUT2D eigenvalue weighted by molar-refractivity contribution is 6.31. The lowest BCUT2D eigenvalue weighted by atomic mass is 9.99. The van der Waals surface area contributed by atoms with Crippen LogP contribution in [0.15, 0.2) is 48.9 Å². The first-order chi connectivity index (χ1) is 12.0. The van der Waals surface area contributed by atoms with Gasteiger partial charge in [0.2, 0.25) is 0 Å². The smallest absolute Gasteiger partial charge is 0.268 e. The first kappa shape index (κ1) is 17.5. The highest BCUT2D eigenvalue weighted by atomic mass is 35.5. The third-order valence-electron chi connectivity index (χ3n) is 4.23. The molecule has 0 bridgehead atoms. The summed E-state index contributed by atoms with van der Waals surface area (Å²) in [6.07, 6.45) is 4.93. The topological polar surface area (TPSA) is 81.1 Å². The van der Waals surface area contributed by atoms with Crippen molar-refractivity contribution in [1.29, 1.82) is 0 Å². The Hall–Kier alpha value is -2.37. The second kappa shape index (κ2) is 7.68. The lowest BCUT2D eigenvalue weighted by Crippen LogP contribution is -2.15. The van der Waals surface area contributed by atoms with Crippen LogP contribution in [0.25, 0.3) is 10.8 Å². The van der Waals surface area contributed by atoms with Crippen molar-refractivity contribution in [3.05, 3.63) is 65.2 Å². The van der Waals surface area contributed by atoms with Gasteiger partial charge in [0.15, 0.2) is 0 Å². The summed E-state index contributed by atoms with van der Waals surface area (Å²) in [6.45, 7) is 0.391. The Morgan fingerprint density at radius 2 is 2.16 bits per heavy atom. The molecule has 0 saturated carbocycles. The van der Waals surface area contributed by atoms with E-state index in [0.29, 0.717) is 13.0 Å². The van der Waals surface area contributed by atoms with Crippen molar-refractivity contribution in [2.75, 3.05) is 0 Å². The van der Waals surface area contributed by atoms with E-state index in [0.717, 1.165) is 23.3 Å². The van der Waals surface area contributed by atoms with Crippen LogP contribution in [0.4, 0.5) is 0 Å². The molecule has 25 heavy (non-hydrogen) atoms. The van der Waals surface area contributed by atoms with E-state index >= 15 is 0 Å². The van der Waals surface area contributed by atoms with E-state index in [1.165, 1.54) is 17.3 Å². The van der Waals surface area contributed by atoms with Gasteiger partial charge in [-0.25, -0.2) is 4.98 Å². The van der Waals surface area contributed by atoms with E-state index in [4.69, 9.17) is 17.3 Å². The van der Waals surface area contributed by atoms with Crippen LogP contribution < -0.4 is 5.73 Å². The van der Waals surface area contributed by atoms with Crippen molar-refractivity contribution in [2.45, 2.75) is 31.9 Å². The number of hydrogen-bond acceptors (Lipinski definition) is 3. The number of nitrogens with two attached hydrogens (primary N) is 1. The number of rotatable bonds is 7. The van der Waals surface area contributed by atoms with Crippen LogP contribution in [0, 0.1) is 0 Å². The predicted octanol–water partition coefficient (Wildman–Crippen LogP) is 3.17. The zero-order valence-electron chi connectivity index (χ0n) is 13.7. The van der Waals surface area contributed by atoms with Crippen LogP contribution in [0.1, 0.15) is 28.9 Å². The van der Waals surface area contributed by atoms with Gasteiger partial charge >= 0.3 is 0 Å². The van der Waals surface area contributed by atoms with Crippen molar-refractivity contribution in [3.63, 3.8) is 0 Å². The van der Waals surface area contributed by atoms with Crippen molar-refractivity contribution in [1.82, 2.24) is 9.55 Å². The van der Waals surface area contributed by atoms with E-state index in [9.17, 15) is 9.90 Å². The summed E-state index contributed by atoms with van der Waals surface area (Å²) in [5, 5.41) is 13.3. The van der Waals surface area contributed by atoms with Gasteiger partial charge in [-0.2, -0.15) is 0 Å². The number of aryl methyl sites for hydroxylation is 1. The average molecular weight is 358 g/mol. The first-order valence-corrected chi connectivity index (χ1v) is 8.57. The molecule has 130 valence electrons. The molecule has 0 aliphatic heterocycles. The fourth-order valence-corrected chi connectivity index (χ4v) is 3.15. The van der Waals surface area contributed by atoms with Gasteiger partial charge in [0.05, 0.1) is 12.4 Å². The Morgan fingerprint density at radius 1 is 1.32 bits per heavy atom. The molecule has 0 saturated heterocycles. The third kappa shape index (κ3) is 4.38. The van der Waals surface area contributed by atoms with E-state index < -0.39 is 12.0 Å². The van der Waals surface area contributed by atoms with Crippen molar-refractivity contribution in [2.24, 2.45) is 5.73 Å². The normalized spacial score (nSPS) is 12.4. The highest BCUT2D eigenvalue weighted by Crippen LogP contribution is 2.24. The van der Waals surface area contributed by atoms with E-state index in [-0.39, 0.29) is 5.69 Å². The second-order valence-corrected chi connectivity index (χ2v) is 6.59. The molecule has 6 heteroatoms. The van der Waals surface area contributed by atoms with Gasteiger partial charge in [-0.1, -0.05) is 35.9 Å². The van der Waals surface area contributed by atoms with Crippen LogP contribution in [0.2, 0.25) is 5.02 Å². The maximum absolute atomic E-state index is 11.0. The number of halogens is 1. The number of aromatic nitrogens is 2. The quantitative estimate of drug-likeness (QED) is 0.681. The first-order valence-electron chi connectivity index (χ1n) is 8.20. The van der Waals surface area contributed by atoms with Crippen LogP contribution >= 0.6 is 11.6 Å². The zero-order chi connectivity index (χ0) is 17.8. The van der Waals surface area contributed by atoms with Gasteiger partial charge in [-0.05, 0) is 47.7 Å². The Kier molecular flexibility index (Phi) is 5.36. The summed E-state index contributed by atoms with van der Waals surface area (Å²) >= 11 is 6.11. The van der Waals surface area contributed by atoms with Gasteiger partial charge in [-0.15, -0.1) is 0 Å². The lowest BCUT2D eigenvalue weighted by molar-refractivity contribution is 0.0995. The molecular weight excluding hydrogens is 338 g/mol. The van der Waals surface area contributed by atoms with Crippen LogP contribution in [-0.4, -0.2) is 26.7 Å². The minimum Gasteiger partial charge on any atom is -0.391 e. The number of aliphatic hydroxyl groups is 1. The molecule has 1 atom stereocenters. The van der Waals surface area contributed by atoms with Crippen LogP contribution in [0.3, 0.4) is 0 Å². The van der Waals surface area contributed by atoms with Gasteiger partial charge in [0, 0.05) is 17.8 Å².